The molecule has 1 aliphatic heterocycles. The number of hydrogen-bond acceptors (Lipinski definition) is 9. The van der Waals surface area contributed by atoms with Crippen molar-refractivity contribution in [1.29, 1.82) is 0 Å². The van der Waals surface area contributed by atoms with Gasteiger partial charge in [-0.15, -0.1) is 0 Å². The molecule has 0 spiro atoms. The van der Waals surface area contributed by atoms with Crippen LogP contribution in [-0.4, -0.2) is 49.6 Å². The molecule has 3 unspecified atom stereocenters. The highest BCUT2D eigenvalue weighted by molar-refractivity contribution is 5.81. The Kier molecular flexibility index (Phi) is 4.08. The molecule has 3 heterocycles. The minimum Gasteiger partial charge on any atom is -0.431 e. The molecule has 3 N–H and O–H groups in total. The lowest BCUT2D eigenvalue weighted by Crippen LogP contribution is -2.27. The van der Waals surface area contributed by atoms with Crippen LogP contribution in [-0.2, 0) is 14.2 Å². The fourth-order valence-electron chi connectivity index (χ4n) is 2.37. The van der Waals surface area contributed by atoms with E-state index < -0.39 is 24.6 Å². The Morgan fingerprint density at radius 1 is 1.57 bits per heavy atom. The molecule has 122 valence electrons. The lowest BCUT2D eigenvalue weighted by molar-refractivity contribution is -0.0531. The number of nitrogens with zero attached hydrogens (tertiary/aromatic N) is 4. The van der Waals surface area contributed by atoms with Gasteiger partial charge in [-0.3, -0.25) is 4.57 Å². The molecule has 0 amide bonds. The van der Waals surface area contributed by atoms with Gasteiger partial charge in [0.1, 0.15) is 30.8 Å². The van der Waals surface area contributed by atoms with E-state index in [0.29, 0.717) is 17.6 Å². The van der Waals surface area contributed by atoms with Crippen molar-refractivity contribution < 1.29 is 24.1 Å². The van der Waals surface area contributed by atoms with Gasteiger partial charge in [-0.05, 0) is 0 Å². The SMILES string of the molecule is C=COC(=O)OCC1OC(n2cnc3c(N)ncnc32)CC1O. The minimum atomic E-state index is -0.909. The number of aromatic nitrogens is 4. The number of nitrogen functional groups attached to an aromatic ring is 1. The van der Waals surface area contributed by atoms with Crippen molar-refractivity contribution >= 4 is 23.1 Å². The number of nitrogens with two attached hydrogens (primary N) is 1. The molecule has 2 aromatic heterocycles. The largest absolute Gasteiger partial charge is 0.513 e. The van der Waals surface area contributed by atoms with Crippen molar-refractivity contribution in [3.8, 4) is 0 Å². The predicted octanol–water partition coefficient (Wildman–Crippen LogP) is 0.354. The summed E-state index contributed by atoms with van der Waals surface area (Å²) in [5, 5.41) is 10.1. The number of carbonyl (C=O) groups is 1. The summed E-state index contributed by atoms with van der Waals surface area (Å²) < 4.78 is 16.6. The summed E-state index contributed by atoms with van der Waals surface area (Å²) in [7, 11) is 0. The normalized spacial score (nSPS) is 23.8. The molecule has 1 saturated heterocycles. The Morgan fingerprint density at radius 2 is 2.39 bits per heavy atom. The predicted molar refractivity (Wildman–Crippen MR) is 76.9 cm³/mol. The zero-order valence-corrected chi connectivity index (χ0v) is 12.0. The van der Waals surface area contributed by atoms with Gasteiger partial charge in [-0.25, -0.2) is 19.7 Å². The topological polar surface area (TPSA) is 135 Å². The van der Waals surface area contributed by atoms with Gasteiger partial charge in [0.05, 0.1) is 18.7 Å². The first kappa shape index (κ1) is 15.2. The van der Waals surface area contributed by atoms with Crippen LogP contribution in [0.15, 0.2) is 25.5 Å². The fourth-order valence-corrected chi connectivity index (χ4v) is 2.37. The maximum absolute atomic E-state index is 11.1. The lowest BCUT2D eigenvalue weighted by atomic mass is 10.2. The molecular formula is C13H15N5O5. The number of anilines is 1. The Morgan fingerprint density at radius 3 is 3.17 bits per heavy atom. The number of aliphatic hydroxyl groups excluding tert-OH is 1. The highest BCUT2D eigenvalue weighted by Gasteiger charge is 2.36. The zero-order chi connectivity index (χ0) is 16.4. The van der Waals surface area contributed by atoms with Crippen LogP contribution >= 0.6 is 0 Å². The molecule has 0 bridgehead atoms. The Balaban J connectivity index is 1.71. The molecule has 1 aliphatic rings. The van der Waals surface area contributed by atoms with E-state index in [-0.39, 0.29) is 12.4 Å². The monoisotopic (exact) mass is 321 g/mol. The molecule has 2 aromatic rings. The van der Waals surface area contributed by atoms with Crippen molar-refractivity contribution in [1.82, 2.24) is 19.5 Å². The molecule has 1 fully saturated rings. The van der Waals surface area contributed by atoms with Gasteiger partial charge in [-0.1, -0.05) is 6.58 Å². The number of hydrogen-bond donors (Lipinski definition) is 2. The van der Waals surface area contributed by atoms with Crippen LogP contribution in [0.2, 0.25) is 0 Å². The zero-order valence-electron chi connectivity index (χ0n) is 12.0. The highest BCUT2D eigenvalue weighted by atomic mass is 16.7. The molecule has 0 saturated carbocycles. The van der Waals surface area contributed by atoms with E-state index in [9.17, 15) is 9.90 Å². The first-order chi connectivity index (χ1) is 11.1. The average Bonchev–Trinajstić information content (AvgIpc) is 3.10. The number of rotatable bonds is 4. The second kappa shape index (κ2) is 6.18. The number of ether oxygens (including phenoxy) is 3. The summed E-state index contributed by atoms with van der Waals surface area (Å²) in [5.41, 5.74) is 6.70. The molecule has 0 radical (unpaired) electrons. The first-order valence-electron chi connectivity index (χ1n) is 6.81. The van der Waals surface area contributed by atoms with Crippen LogP contribution in [0.25, 0.3) is 11.2 Å². The van der Waals surface area contributed by atoms with E-state index in [1.54, 1.807) is 4.57 Å². The summed E-state index contributed by atoms with van der Waals surface area (Å²) in [6.45, 7) is 3.10. The van der Waals surface area contributed by atoms with E-state index in [1.807, 2.05) is 0 Å². The van der Waals surface area contributed by atoms with E-state index in [4.69, 9.17) is 15.2 Å². The van der Waals surface area contributed by atoms with Crippen LogP contribution < -0.4 is 5.73 Å². The third-order valence-corrected chi connectivity index (χ3v) is 3.45. The van der Waals surface area contributed by atoms with E-state index in [2.05, 4.69) is 26.3 Å². The van der Waals surface area contributed by atoms with Gasteiger partial charge < -0.3 is 25.1 Å². The molecule has 10 nitrogen and oxygen atoms in total. The number of fused-ring (bicyclic) bond motifs is 1. The van der Waals surface area contributed by atoms with Gasteiger partial charge >= 0.3 is 6.16 Å². The molecule has 3 atom stereocenters. The van der Waals surface area contributed by atoms with Crippen molar-refractivity contribution in [2.24, 2.45) is 0 Å². The van der Waals surface area contributed by atoms with Crippen LogP contribution in [0.1, 0.15) is 12.6 Å². The van der Waals surface area contributed by atoms with Gasteiger partial charge in [0.2, 0.25) is 0 Å². The molecular weight excluding hydrogens is 306 g/mol. The molecule has 0 aromatic carbocycles. The molecule has 0 aliphatic carbocycles. The summed E-state index contributed by atoms with van der Waals surface area (Å²) in [6, 6.07) is 0. The maximum atomic E-state index is 11.1. The van der Waals surface area contributed by atoms with Crippen molar-refractivity contribution in [2.75, 3.05) is 12.3 Å². The number of imidazole rings is 1. The van der Waals surface area contributed by atoms with Crippen LogP contribution in [0.5, 0.6) is 0 Å². The smallest absolute Gasteiger partial charge is 0.431 e. The standard InChI is InChI=1S/C13H15N5O5/c1-2-21-13(20)22-4-8-7(19)3-9(23-8)18-6-17-10-11(14)15-5-16-12(10)18/h2,5-9,19H,1,3-4H2,(H2,14,15,16). The quantitative estimate of drug-likeness (QED) is 0.604. The molecule has 10 heteroatoms. The Bertz CT molecular complexity index is 733. The fraction of sp³-hybridized carbons (Fsp3) is 0.385. The lowest BCUT2D eigenvalue weighted by Gasteiger charge is -2.15. The molecule has 23 heavy (non-hydrogen) atoms. The second-order valence-corrected chi connectivity index (χ2v) is 4.86. The third kappa shape index (κ3) is 2.94. The van der Waals surface area contributed by atoms with E-state index in [0.717, 1.165) is 6.26 Å². The summed E-state index contributed by atoms with van der Waals surface area (Å²) in [6.07, 6.45) is 1.18. The molecule has 3 rings (SSSR count). The Labute approximate surface area is 130 Å². The summed E-state index contributed by atoms with van der Waals surface area (Å²) in [4.78, 5) is 23.3. The number of aliphatic hydroxyl groups is 1. The van der Waals surface area contributed by atoms with Gasteiger partial charge in [-0.2, -0.15) is 0 Å². The van der Waals surface area contributed by atoms with Crippen LogP contribution in [0, 0.1) is 0 Å². The Hall–Kier alpha value is -2.72. The van der Waals surface area contributed by atoms with Gasteiger partial charge in [0.25, 0.3) is 0 Å². The highest BCUT2D eigenvalue weighted by Crippen LogP contribution is 2.31. The van der Waals surface area contributed by atoms with Crippen molar-refractivity contribution in [2.45, 2.75) is 24.9 Å². The summed E-state index contributed by atoms with van der Waals surface area (Å²) >= 11 is 0. The summed E-state index contributed by atoms with van der Waals surface area (Å²) in [5.74, 6) is 0.263. The van der Waals surface area contributed by atoms with Crippen LogP contribution in [0.3, 0.4) is 0 Å². The van der Waals surface area contributed by atoms with Crippen molar-refractivity contribution in [3.63, 3.8) is 0 Å². The first-order valence-corrected chi connectivity index (χ1v) is 6.81. The number of carbonyl (C=O) groups excluding carboxylic acids is 1. The van der Waals surface area contributed by atoms with E-state index >= 15 is 0 Å². The third-order valence-electron chi connectivity index (χ3n) is 3.45. The van der Waals surface area contributed by atoms with Gasteiger partial charge in [0.15, 0.2) is 11.5 Å². The maximum Gasteiger partial charge on any atom is 0.513 e. The second-order valence-electron chi connectivity index (χ2n) is 4.86. The average molecular weight is 321 g/mol. The van der Waals surface area contributed by atoms with E-state index in [1.165, 1.54) is 12.7 Å². The van der Waals surface area contributed by atoms with Crippen LogP contribution in [0.4, 0.5) is 10.6 Å². The van der Waals surface area contributed by atoms with Gasteiger partial charge in [0, 0.05) is 6.42 Å². The van der Waals surface area contributed by atoms with Crippen molar-refractivity contribution in [3.05, 3.63) is 25.5 Å². The minimum absolute atomic E-state index is 0.145.